The predicted octanol–water partition coefficient (Wildman–Crippen LogP) is 4.03. The fourth-order valence-electron chi connectivity index (χ4n) is 5.70. The van der Waals surface area contributed by atoms with Gasteiger partial charge in [-0.1, -0.05) is 72.8 Å². The van der Waals surface area contributed by atoms with Gasteiger partial charge in [0, 0.05) is 45.1 Å². The molecule has 228 valence electrons. The van der Waals surface area contributed by atoms with Gasteiger partial charge in [0.2, 0.25) is 0 Å². The highest BCUT2D eigenvalue weighted by Crippen LogP contribution is 2.39. The van der Waals surface area contributed by atoms with Crippen molar-refractivity contribution < 1.29 is 34.0 Å². The molecule has 0 radical (unpaired) electrons. The minimum absolute atomic E-state index is 0.00724. The number of hydrogen-bond acceptors (Lipinski definition) is 8. The maximum atomic E-state index is 12.4. The second kappa shape index (κ2) is 14.2. The van der Waals surface area contributed by atoms with E-state index in [2.05, 4.69) is 10.2 Å². The second-order valence-corrected chi connectivity index (χ2v) is 11.3. The molecule has 2 aliphatic rings. The number of aliphatic hydroxyl groups excluding tert-OH is 2. The quantitative estimate of drug-likeness (QED) is 0.304. The Kier molecular flexibility index (Phi) is 10.2. The highest BCUT2D eigenvalue weighted by Gasteiger charge is 2.34. The number of benzene rings is 3. The van der Waals surface area contributed by atoms with Crippen LogP contribution in [0.5, 0.6) is 0 Å². The number of carbonyl (C=O) groups excluding carboxylic acids is 2. The fraction of sp³-hybridized carbons (Fsp3) is 0.412. The van der Waals surface area contributed by atoms with E-state index in [9.17, 15) is 19.8 Å². The molecule has 0 aromatic heterocycles. The van der Waals surface area contributed by atoms with Crippen LogP contribution in [-0.4, -0.2) is 64.9 Å². The van der Waals surface area contributed by atoms with E-state index in [1.165, 1.54) is 6.92 Å². The number of nitrogens with one attached hydrogen (secondary N) is 1. The van der Waals surface area contributed by atoms with Crippen LogP contribution in [-0.2, 0) is 37.0 Å². The lowest BCUT2D eigenvalue weighted by atomic mass is 9.97. The monoisotopic (exact) mass is 588 g/mol. The van der Waals surface area contributed by atoms with Crippen molar-refractivity contribution in [3.8, 4) is 11.1 Å². The summed E-state index contributed by atoms with van der Waals surface area (Å²) in [5.74, 6) is -0.855. The predicted molar refractivity (Wildman–Crippen MR) is 160 cm³/mol. The van der Waals surface area contributed by atoms with E-state index in [1.54, 1.807) is 6.92 Å². The van der Waals surface area contributed by atoms with Crippen LogP contribution in [0.15, 0.2) is 72.8 Å². The molecule has 2 saturated heterocycles. The van der Waals surface area contributed by atoms with Crippen molar-refractivity contribution in [2.45, 2.75) is 70.5 Å². The van der Waals surface area contributed by atoms with Gasteiger partial charge in [-0.25, -0.2) is 0 Å². The van der Waals surface area contributed by atoms with Gasteiger partial charge in [-0.2, -0.15) is 0 Å². The van der Waals surface area contributed by atoms with Gasteiger partial charge >= 0.3 is 5.97 Å². The van der Waals surface area contributed by atoms with Gasteiger partial charge < -0.3 is 29.7 Å². The highest BCUT2D eigenvalue weighted by molar-refractivity contribution is 5.83. The molecule has 5 rings (SSSR count). The third-order valence-corrected chi connectivity index (χ3v) is 8.00. The minimum Gasteiger partial charge on any atom is -0.453 e. The van der Waals surface area contributed by atoms with Crippen molar-refractivity contribution in [2.75, 3.05) is 19.6 Å². The van der Waals surface area contributed by atoms with E-state index in [0.717, 1.165) is 52.9 Å². The Hall–Kier alpha value is -3.60. The van der Waals surface area contributed by atoms with Crippen molar-refractivity contribution >= 4 is 11.9 Å². The van der Waals surface area contributed by atoms with Crippen LogP contribution < -0.4 is 5.32 Å². The van der Waals surface area contributed by atoms with Gasteiger partial charge in [0.25, 0.3) is 5.91 Å². The zero-order chi connectivity index (χ0) is 30.3. The van der Waals surface area contributed by atoms with Crippen molar-refractivity contribution in [2.24, 2.45) is 0 Å². The number of likely N-dealkylation sites (tertiary alicyclic amines) is 1. The molecule has 0 spiro atoms. The van der Waals surface area contributed by atoms with E-state index >= 15 is 0 Å². The largest absolute Gasteiger partial charge is 0.453 e. The van der Waals surface area contributed by atoms with Crippen LogP contribution >= 0.6 is 0 Å². The molecule has 5 atom stereocenters. The lowest BCUT2D eigenvalue weighted by Gasteiger charge is -2.38. The molecule has 9 nitrogen and oxygen atoms in total. The van der Waals surface area contributed by atoms with Gasteiger partial charge in [0.1, 0.15) is 0 Å². The van der Waals surface area contributed by atoms with E-state index in [4.69, 9.17) is 14.2 Å². The summed E-state index contributed by atoms with van der Waals surface area (Å²) in [4.78, 5) is 25.8. The first-order valence-corrected chi connectivity index (χ1v) is 14.8. The summed E-state index contributed by atoms with van der Waals surface area (Å²) in [5.41, 5.74) is 5.68. The van der Waals surface area contributed by atoms with Gasteiger partial charge in [-0.15, -0.1) is 0 Å². The van der Waals surface area contributed by atoms with Crippen LogP contribution in [0.25, 0.3) is 11.1 Å². The number of amides is 1. The summed E-state index contributed by atoms with van der Waals surface area (Å²) < 4.78 is 18.0. The molecule has 2 heterocycles. The molecule has 3 aromatic carbocycles. The van der Waals surface area contributed by atoms with Crippen LogP contribution in [0.3, 0.4) is 0 Å². The number of carbonyl (C=O) groups is 2. The summed E-state index contributed by atoms with van der Waals surface area (Å²) in [7, 11) is 0. The fourth-order valence-corrected chi connectivity index (χ4v) is 5.70. The lowest BCUT2D eigenvalue weighted by Crippen LogP contribution is -2.38. The van der Waals surface area contributed by atoms with Crippen molar-refractivity contribution in [3.05, 3.63) is 95.1 Å². The van der Waals surface area contributed by atoms with Crippen LogP contribution in [0.2, 0.25) is 0 Å². The molecule has 3 N–H and O–H groups in total. The SMILES string of the molecule is CC(=O)O[C@@H](C)C(=O)NCc1ccccc1-c1ccc([C@@H]2O[C@H](CN3CC[C@H](O)C3)C[C@H](c3ccc(CO)cc3)O2)cc1. The summed E-state index contributed by atoms with van der Waals surface area (Å²) in [6.45, 7) is 5.33. The van der Waals surface area contributed by atoms with E-state index in [-0.39, 0.29) is 30.8 Å². The maximum Gasteiger partial charge on any atom is 0.303 e. The number of rotatable bonds is 10. The number of ether oxygens (including phenoxy) is 3. The van der Waals surface area contributed by atoms with E-state index in [0.29, 0.717) is 19.5 Å². The number of aliphatic hydroxyl groups is 2. The molecule has 0 saturated carbocycles. The van der Waals surface area contributed by atoms with E-state index in [1.807, 2.05) is 72.8 Å². The zero-order valence-electron chi connectivity index (χ0n) is 24.6. The first kappa shape index (κ1) is 30.8. The molecule has 2 aliphatic heterocycles. The first-order valence-electron chi connectivity index (χ1n) is 14.8. The Bertz CT molecular complexity index is 1380. The minimum atomic E-state index is -0.866. The third kappa shape index (κ3) is 8.07. The molecule has 3 aromatic rings. The van der Waals surface area contributed by atoms with Crippen molar-refractivity contribution in [1.82, 2.24) is 10.2 Å². The Morgan fingerprint density at radius 1 is 1.02 bits per heavy atom. The van der Waals surface area contributed by atoms with Crippen LogP contribution in [0.1, 0.15) is 61.3 Å². The Morgan fingerprint density at radius 3 is 2.42 bits per heavy atom. The molecule has 1 amide bonds. The third-order valence-electron chi connectivity index (χ3n) is 8.00. The number of nitrogens with zero attached hydrogens (tertiary/aromatic N) is 1. The zero-order valence-corrected chi connectivity index (χ0v) is 24.6. The second-order valence-electron chi connectivity index (χ2n) is 11.3. The van der Waals surface area contributed by atoms with Crippen LogP contribution in [0, 0.1) is 0 Å². The molecular weight excluding hydrogens is 548 g/mol. The van der Waals surface area contributed by atoms with Crippen LogP contribution in [0.4, 0.5) is 0 Å². The molecule has 9 heteroatoms. The molecule has 43 heavy (non-hydrogen) atoms. The summed E-state index contributed by atoms with van der Waals surface area (Å²) >= 11 is 0. The first-order chi connectivity index (χ1) is 20.8. The normalized spacial score (nSPS) is 23.1. The number of β-amino-alcohol motifs (C(OH)–C–C–N with tert-alkyl or cyclic N) is 1. The number of esters is 1. The maximum absolute atomic E-state index is 12.4. The van der Waals surface area contributed by atoms with E-state index < -0.39 is 18.4 Å². The smallest absolute Gasteiger partial charge is 0.303 e. The average molecular weight is 589 g/mol. The number of hydrogen-bond donors (Lipinski definition) is 3. The highest BCUT2D eigenvalue weighted by atomic mass is 16.7. The Balaban J connectivity index is 1.31. The average Bonchev–Trinajstić information content (AvgIpc) is 3.43. The van der Waals surface area contributed by atoms with Gasteiger partial charge in [-0.05, 0) is 41.2 Å². The van der Waals surface area contributed by atoms with Gasteiger partial charge in [0.15, 0.2) is 12.4 Å². The topological polar surface area (TPSA) is 118 Å². The molecular formula is C34H40N2O7. The Labute approximate surface area is 252 Å². The van der Waals surface area contributed by atoms with Crippen molar-refractivity contribution in [3.63, 3.8) is 0 Å². The molecule has 0 bridgehead atoms. The standard InChI is InChI=1S/C34H40N2O7/c1-22(41-23(2)38)33(40)35-18-28-5-3-4-6-31(28)25-11-13-27(14-12-25)34-42-30(20-36-16-15-29(39)19-36)17-32(43-34)26-9-7-24(21-37)8-10-26/h3-14,22,29-30,32,34,37,39H,15-21H2,1-2H3,(H,35,40)/t22-,29-,30-,32+,34+/m0/s1. The lowest BCUT2D eigenvalue weighted by molar-refractivity contribution is -0.252. The summed E-state index contributed by atoms with van der Waals surface area (Å²) in [5, 5.41) is 22.3. The molecule has 0 unspecified atom stereocenters. The van der Waals surface area contributed by atoms with Gasteiger partial charge in [-0.3, -0.25) is 14.5 Å². The summed E-state index contributed by atoms with van der Waals surface area (Å²) in [6.07, 6.45) is -0.521. The van der Waals surface area contributed by atoms with Crippen molar-refractivity contribution in [1.29, 1.82) is 0 Å². The molecule has 0 aliphatic carbocycles. The summed E-state index contributed by atoms with van der Waals surface area (Å²) in [6, 6.07) is 23.7. The molecule has 2 fully saturated rings. The van der Waals surface area contributed by atoms with Gasteiger partial charge in [0.05, 0.1) is 24.9 Å². The Morgan fingerprint density at radius 2 is 1.74 bits per heavy atom.